The Hall–Kier alpha value is -2.22. The number of rotatable bonds is 3. The zero-order valence-electron chi connectivity index (χ0n) is 11.8. The highest BCUT2D eigenvalue weighted by Gasteiger charge is 2.15. The van der Waals surface area contributed by atoms with E-state index in [2.05, 4.69) is 38.0 Å². The Bertz CT molecular complexity index is 797. The molecule has 22 heavy (non-hydrogen) atoms. The molecular weight excluding hydrogens is 391 g/mol. The van der Waals surface area contributed by atoms with Crippen molar-refractivity contribution in [2.75, 3.05) is 5.32 Å². The van der Waals surface area contributed by atoms with Gasteiger partial charge in [-0.1, -0.05) is 6.07 Å². The van der Waals surface area contributed by atoms with Gasteiger partial charge < -0.3 is 5.32 Å². The molecule has 0 atom stereocenters. The summed E-state index contributed by atoms with van der Waals surface area (Å²) in [5.74, 6) is 0.509. The second-order valence-electron chi connectivity index (χ2n) is 4.70. The average Bonchev–Trinajstić information content (AvgIpc) is 2.92. The van der Waals surface area contributed by atoms with Crippen LogP contribution in [0.25, 0.3) is 5.82 Å². The quantitative estimate of drug-likeness (QED) is 0.681. The molecule has 0 saturated heterocycles. The fourth-order valence-corrected chi connectivity index (χ4v) is 2.43. The third kappa shape index (κ3) is 3.01. The standard InChI is InChI=1S/C16H13IN4O/c1-11-14(10-19-21(11)15-4-2-3-9-18-15)16(22)20-13-7-5-12(17)6-8-13/h2-10H,1H3,(H,20,22). The molecule has 3 aromatic rings. The molecule has 1 aromatic carbocycles. The lowest BCUT2D eigenvalue weighted by Crippen LogP contribution is -2.13. The van der Waals surface area contributed by atoms with Crippen molar-refractivity contribution in [2.45, 2.75) is 6.92 Å². The fourth-order valence-electron chi connectivity index (χ4n) is 2.07. The summed E-state index contributed by atoms with van der Waals surface area (Å²) < 4.78 is 2.78. The van der Waals surface area contributed by atoms with Crippen LogP contribution in [0.4, 0.5) is 5.69 Å². The zero-order valence-corrected chi connectivity index (χ0v) is 14.0. The third-order valence-electron chi connectivity index (χ3n) is 3.22. The van der Waals surface area contributed by atoms with Gasteiger partial charge in [0.25, 0.3) is 5.91 Å². The molecule has 110 valence electrons. The maximum atomic E-state index is 12.4. The van der Waals surface area contributed by atoms with E-state index in [1.54, 1.807) is 17.1 Å². The molecule has 0 aliphatic heterocycles. The molecule has 2 heterocycles. The lowest BCUT2D eigenvalue weighted by atomic mass is 10.2. The van der Waals surface area contributed by atoms with Crippen molar-refractivity contribution in [3.63, 3.8) is 0 Å². The number of aromatic nitrogens is 3. The molecule has 0 bridgehead atoms. The van der Waals surface area contributed by atoms with Crippen LogP contribution in [0.2, 0.25) is 0 Å². The number of carbonyl (C=O) groups excluding carboxylic acids is 1. The van der Waals surface area contributed by atoms with E-state index >= 15 is 0 Å². The summed E-state index contributed by atoms with van der Waals surface area (Å²) in [4.78, 5) is 16.6. The Morgan fingerprint density at radius 1 is 1.18 bits per heavy atom. The van der Waals surface area contributed by atoms with Gasteiger partial charge in [-0.15, -0.1) is 0 Å². The van der Waals surface area contributed by atoms with Crippen LogP contribution < -0.4 is 5.32 Å². The SMILES string of the molecule is Cc1c(C(=O)Nc2ccc(I)cc2)cnn1-c1ccccn1. The van der Waals surface area contributed by atoms with Gasteiger partial charge in [0.2, 0.25) is 0 Å². The first-order valence-electron chi connectivity index (χ1n) is 6.68. The summed E-state index contributed by atoms with van der Waals surface area (Å²) in [7, 11) is 0. The van der Waals surface area contributed by atoms with Crippen LogP contribution in [0, 0.1) is 10.5 Å². The van der Waals surface area contributed by atoms with Gasteiger partial charge in [0, 0.05) is 15.5 Å². The maximum Gasteiger partial charge on any atom is 0.259 e. The van der Waals surface area contributed by atoms with Gasteiger partial charge in [0.05, 0.1) is 17.5 Å². The number of nitrogens with one attached hydrogen (secondary N) is 1. The van der Waals surface area contributed by atoms with Gasteiger partial charge in [-0.3, -0.25) is 4.79 Å². The number of hydrogen-bond acceptors (Lipinski definition) is 3. The predicted molar refractivity (Wildman–Crippen MR) is 93.2 cm³/mol. The van der Waals surface area contributed by atoms with E-state index < -0.39 is 0 Å². The number of pyridine rings is 1. The minimum atomic E-state index is -0.180. The Balaban J connectivity index is 1.85. The molecule has 0 radical (unpaired) electrons. The molecule has 5 nitrogen and oxygen atoms in total. The molecule has 2 aromatic heterocycles. The number of anilines is 1. The zero-order chi connectivity index (χ0) is 15.5. The van der Waals surface area contributed by atoms with Crippen molar-refractivity contribution in [3.05, 3.63) is 69.7 Å². The van der Waals surface area contributed by atoms with Crippen molar-refractivity contribution in [1.29, 1.82) is 0 Å². The topological polar surface area (TPSA) is 59.8 Å². The van der Waals surface area contributed by atoms with Gasteiger partial charge >= 0.3 is 0 Å². The Morgan fingerprint density at radius 3 is 2.64 bits per heavy atom. The summed E-state index contributed by atoms with van der Waals surface area (Å²) in [6.45, 7) is 1.85. The van der Waals surface area contributed by atoms with Gasteiger partial charge in [-0.25, -0.2) is 9.67 Å². The number of amides is 1. The molecular formula is C16H13IN4O. The molecule has 1 N–H and O–H groups in total. The van der Waals surface area contributed by atoms with Crippen molar-refractivity contribution < 1.29 is 4.79 Å². The van der Waals surface area contributed by atoms with Crippen LogP contribution in [0.1, 0.15) is 16.1 Å². The summed E-state index contributed by atoms with van der Waals surface area (Å²) in [5, 5.41) is 7.13. The Kier molecular flexibility index (Phi) is 4.19. The van der Waals surface area contributed by atoms with Gasteiger partial charge in [0.15, 0.2) is 5.82 Å². The average molecular weight is 404 g/mol. The van der Waals surface area contributed by atoms with Crippen LogP contribution in [0.5, 0.6) is 0 Å². The van der Waals surface area contributed by atoms with Crippen molar-refractivity contribution in [1.82, 2.24) is 14.8 Å². The molecule has 0 spiro atoms. The fraction of sp³-hybridized carbons (Fsp3) is 0.0625. The van der Waals surface area contributed by atoms with Crippen molar-refractivity contribution in [3.8, 4) is 5.82 Å². The summed E-state index contributed by atoms with van der Waals surface area (Å²) >= 11 is 2.22. The first-order chi connectivity index (χ1) is 10.6. The summed E-state index contributed by atoms with van der Waals surface area (Å²) in [6, 6.07) is 13.2. The summed E-state index contributed by atoms with van der Waals surface area (Å²) in [6.07, 6.45) is 3.26. The first kappa shape index (κ1) is 14.7. The largest absolute Gasteiger partial charge is 0.322 e. The minimum Gasteiger partial charge on any atom is -0.322 e. The lowest BCUT2D eigenvalue weighted by Gasteiger charge is -2.06. The van der Waals surface area contributed by atoms with Crippen molar-refractivity contribution in [2.24, 2.45) is 0 Å². The number of nitrogens with zero attached hydrogens (tertiary/aromatic N) is 3. The van der Waals surface area contributed by atoms with Crippen LogP contribution in [-0.4, -0.2) is 20.7 Å². The van der Waals surface area contributed by atoms with Crippen LogP contribution in [0.3, 0.4) is 0 Å². The Morgan fingerprint density at radius 2 is 1.95 bits per heavy atom. The minimum absolute atomic E-state index is 0.180. The molecule has 3 rings (SSSR count). The van der Waals surface area contributed by atoms with Crippen LogP contribution in [-0.2, 0) is 0 Å². The number of hydrogen-bond donors (Lipinski definition) is 1. The smallest absolute Gasteiger partial charge is 0.259 e. The highest BCUT2D eigenvalue weighted by molar-refractivity contribution is 14.1. The van der Waals surface area contributed by atoms with E-state index in [1.165, 1.54) is 0 Å². The molecule has 1 amide bonds. The maximum absolute atomic E-state index is 12.4. The van der Waals surface area contributed by atoms with Crippen LogP contribution >= 0.6 is 22.6 Å². The number of carbonyl (C=O) groups is 1. The molecule has 0 aliphatic rings. The van der Waals surface area contributed by atoms with Gasteiger partial charge in [-0.2, -0.15) is 5.10 Å². The van der Waals surface area contributed by atoms with E-state index in [0.29, 0.717) is 11.4 Å². The van der Waals surface area contributed by atoms with Gasteiger partial charge in [-0.05, 0) is 65.9 Å². The van der Waals surface area contributed by atoms with E-state index in [1.807, 2.05) is 49.4 Å². The second-order valence-corrected chi connectivity index (χ2v) is 5.95. The third-order valence-corrected chi connectivity index (χ3v) is 3.94. The normalized spacial score (nSPS) is 10.5. The highest BCUT2D eigenvalue weighted by Crippen LogP contribution is 2.16. The number of benzene rings is 1. The van der Waals surface area contributed by atoms with E-state index in [-0.39, 0.29) is 5.91 Å². The Labute approximate surface area is 141 Å². The molecule has 0 aliphatic carbocycles. The van der Waals surface area contributed by atoms with Crippen LogP contribution in [0.15, 0.2) is 54.9 Å². The van der Waals surface area contributed by atoms with Crippen molar-refractivity contribution >= 4 is 34.2 Å². The van der Waals surface area contributed by atoms with E-state index in [9.17, 15) is 4.79 Å². The number of halogens is 1. The van der Waals surface area contributed by atoms with E-state index in [0.717, 1.165) is 15.0 Å². The monoisotopic (exact) mass is 404 g/mol. The summed E-state index contributed by atoms with van der Waals surface area (Å²) in [5.41, 5.74) is 2.04. The van der Waals surface area contributed by atoms with E-state index in [4.69, 9.17) is 0 Å². The lowest BCUT2D eigenvalue weighted by molar-refractivity contribution is 0.102. The molecule has 0 fully saturated rings. The predicted octanol–water partition coefficient (Wildman–Crippen LogP) is 3.43. The molecule has 6 heteroatoms. The molecule has 0 saturated carbocycles. The first-order valence-corrected chi connectivity index (χ1v) is 7.76. The van der Waals surface area contributed by atoms with Gasteiger partial charge in [0.1, 0.15) is 0 Å². The second kappa shape index (κ2) is 6.27. The molecule has 0 unspecified atom stereocenters. The highest BCUT2D eigenvalue weighted by atomic mass is 127.